The van der Waals surface area contributed by atoms with Crippen LogP contribution in [0.4, 0.5) is 4.79 Å². The van der Waals surface area contributed by atoms with Crippen LogP contribution < -0.4 is 5.32 Å². The Kier molecular flexibility index (Phi) is 9.85. The van der Waals surface area contributed by atoms with Crippen molar-refractivity contribution in [1.29, 1.82) is 5.26 Å². The molecule has 0 fully saturated rings. The van der Waals surface area contributed by atoms with Crippen LogP contribution in [-0.2, 0) is 9.47 Å². The number of ether oxygens (including phenoxy) is 2. The average Bonchev–Trinajstić information content (AvgIpc) is 2.42. The Hall–Kier alpha value is -1.32. The molecule has 0 saturated carbocycles. The van der Waals surface area contributed by atoms with Crippen LogP contribution >= 0.6 is 0 Å². The van der Waals surface area contributed by atoms with E-state index in [1.54, 1.807) is 12.0 Å². The maximum absolute atomic E-state index is 12.2. The molecule has 0 aromatic carbocycles. The highest BCUT2D eigenvalue weighted by molar-refractivity contribution is 5.68. The Balaban J connectivity index is 4.30. The molecule has 0 aliphatic heterocycles. The molecule has 1 amide bonds. The first-order valence-corrected chi connectivity index (χ1v) is 8.16. The third-order valence-corrected chi connectivity index (χ3v) is 3.29. The summed E-state index contributed by atoms with van der Waals surface area (Å²) in [6.45, 7) is 12.9. The molecule has 6 nitrogen and oxygen atoms in total. The smallest absolute Gasteiger partial charge is 0.410 e. The Morgan fingerprint density at radius 2 is 1.87 bits per heavy atom. The number of nitrogens with zero attached hydrogens (tertiary/aromatic N) is 2. The van der Waals surface area contributed by atoms with E-state index in [4.69, 9.17) is 14.7 Å². The lowest BCUT2D eigenvalue weighted by atomic mass is 9.88. The standard InChI is InChI=1S/C17H33N3O3/c1-16(2,3)23-15(21)20(12-13-22-6)11-10-19-14-17(4,5)8-7-9-18/h19H,7-8,10-14H2,1-6H3. The van der Waals surface area contributed by atoms with E-state index in [2.05, 4.69) is 25.2 Å². The van der Waals surface area contributed by atoms with Gasteiger partial charge in [-0.2, -0.15) is 5.26 Å². The highest BCUT2D eigenvalue weighted by Crippen LogP contribution is 2.20. The second kappa shape index (κ2) is 10.5. The predicted molar refractivity (Wildman–Crippen MR) is 91.2 cm³/mol. The number of amides is 1. The largest absolute Gasteiger partial charge is 0.444 e. The Labute approximate surface area is 141 Å². The normalized spacial score (nSPS) is 11.9. The van der Waals surface area contributed by atoms with Crippen molar-refractivity contribution in [3.05, 3.63) is 0 Å². The van der Waals surface area contributed by atoms with Gasteiger partial charge in [-0.3, -0.25) is 0 Å². The van der Waals surface area contributed by atoms with Gasteiger partial charge in [0.2, 0.25) is 0 Å². The van der Waals surface area contributed by atoms with Gasteiger partial charge >= 0.3 is 6.09 Å². The molecule has 0 radical (unpaired) electrons. The van der Waals surface area contributed by atoms with Crippen molar-refractivity contribution in [3.63, 3.8) is 0 Å². The second-order valence-electron chi connectivity index (χ2n) is 7.46. The van der Waals surface area contributed by atoms with E-state index < -0.39 is 5.60 Å². The summed E-state index contributed by atoms with van der Waals surface area (Å²) in [5.41, 5.74) is -0.436. The van der Waals surface area contributed by atoms with Crippen LogP contribution in [0.3, 0.4) is 0 Å². The van der Waals surface area contributed by atoms with Gasteiger partial charge in [-0.05, 0) is 32.6 Å². The van der Waals surface area contributed by atoms with Gasteiger partial charge in [0, 0.05) is 39.7 Å². The highest BCUT2D eigenvalue weighted by atomic mass is 16.6. The van der Waals surface area contributed by atoms with Crippen LogP contribution in [-0.4, -0.2) is 56.5 Å². The quantitative estimate of drug-likeness (QED) is 0.625. The number of carbonyl (C=O) groups excluding carboxylic acids is 1. The van der Waals surface area contributed by atoms with Crippen molar-refractivity contribution < 1.29 is 14.3 Å². The van der Waals surface area contributed by atoms with Crippen molar-refractivity contribution >= 4 is 6.09 Å². The monoisotopic (exact) mass is 327 g/mol. The minimum atomic E-state index is -0.505. The fourth-order valence-corrected chi connectivity index (χ4v) is 1.95. The molecule has 0 aliphatic carbocycles. The average molecular weight is 327 g/mol. The van der Waals surface area contributed by atoms with E-state index in [0.29, 0.717) is 32.7 Å². The molecule has 0 spiro atoms. The van der Waals surface area contributed by atoms with Gasteiger partial charge in [0.05, 0.1) is 12.7 Å². The van der Waals surface area contributed by atoms with Gasteiger partial charge in [-0.1, -0.05) is 13.8 Å². The fraction of sp³-hybridized carbons (Fsp3) is 0.882. The highest BCUT2D eigenvalue weighted by Gasteiger charge is 2.22. The Bertz CT molecular complexity index is 384. The van der Waals surface area contributed by atoms with Crippen LogP contribution in [0.5, 0.6) is 0 Å². The van der Waals surface area contributed by atoms with Gasteiger partial charge in [-0.15, -0.1) is 0 Å². The maximum Gasteiger partial charge on any atom is 0.410 e. The summed E-state index contributed by atoms with van der Waals surface area (Å²) < 4.78 is 10.5. The van der Waals surface area contributed by atoms with Crippen molar-refractivity contribution in [2.24, 2.45) is 5.41 Å². The summed E-state index contributed by atoms with van der Waals surface area (Å²) in [6.07, 6.45) is 1.10. The number of carbonyl (C=O) groups is 1. The molecule has 0 rings (SSSR count). The third-order valence-electron chi connectivity index (χ3n) is 3.29. The number of hydrogen-bond acceptors (Lipinski definition) is 5. The Morgan fingerprint density at radius 1 is 1.22 bits per heavy atom. The lowest BCUT2D eigenvalue weighted by Gasteiger charge is -2.28. The molecular formula is C17H33N3O3. The van der Waals surface area contributed by atoms with Gasteiger partial charge in [-0.25, -0.2) is 4.79 Å². The van der Waals surface area contributed by atoms with Crippen LogP contribution in [0.25, 0.3) is 0 Å². The summed E-state index contributed by atoms with van der Waals surface area (Å²) in [7, 11) is 1.61. The molecule has 0 atom stereocenters. The summed E-state index contributed by atoms with van der Waals surface area (Å²) in [4.78, 5) is 13.8. The zero-order chi connectivity index (χ0) is 17.9. The van der Waals surface area contributed by atoms with Gasteiger partial charge in [0.1, 0.15) is 5.60 Å². The molecule has 0 heterocycles. The minimum absolute atomic E-state index is 0.0685. The summed E-state index contributed by atoms with van der Waals surface area (Å²) in [6, 6.07) is 2.18. The molecule has 1 N–H and O–H groups in total. The molecule has 23 heavy (non-hydrogen) atoms. The minimum Gasteiger partial charge on any atom is -0.444 e. The Morgan fingerprint density at radius 3 is 2.39 bits per heavy atom. The number of nitriles is 1. The SMILES string of the molecule is COCCN(CCNCC(C)(C)CCC#N)C(=O)OC(C)(C)C. The maximum atomic E-state index is 12.2. The van der Waals surface area contributed by atoms with E-state index in [9.17, 15) is 4.79 Å². The van der Waals surface area contributed by atoms with Crippen LogP contribution in [0, 0.1) is 16.7 Å². The van der Waals surface area contributed by atoms with Crippen molar-refractivity contribution in [2.75, 3.05) is 39.9 Å². The number of methoxy groups -OCH3 is 1. The molecule has 0 aromatic heterocycles. The zero-order valence-electron chi connectivity index (χ0n) is 15.6. The molecular weight excluding hydrogens is 294 g/mol. The lowest BCUT2D eigenvalue weighted by molar-refractivity contribution is 0.0203. The second-order valence-corrected chi connectivity index (χ2v) is 7.46. The van der Waals surface area contributed by atoms with E-state index in [0.717, 1.165) is 13.0 Å². The third kappa shape index (κ3) is 11.8. The van der Waals surface area contributed by atoms with E-state index >= 15 is 0 Å². The summed E-state index contributed by atoms with van der Waals surface area (Å²) in [5.74, 6) is 0. The summed E-state index contributed by atoms with van der Waals surface area (Å²) >= 11 is 0. The lowest BCUT2D eigenvalue weighted by Crippen LogP contribution is -2.43. The van der Waals surface area contributed by atoms with Gasteiger partial charge in [0.25, 0.3) is 0 Å². The number of nitrogens with one attached hydrogen (secondary N) is 1. The first-order valence-electron chi connectivity index (χ1n) is 8.16. The number of hydrogen-bond donors (Lipinski definition) is 1. The fourth-order valence-electron chi connectivity index (χ4n) is 1.95. The van der Waals surface area contributed by atoms with E-state index in [1.807, 2.05) is 20.8 Å². The molecule has 0 saturated heterocycles. The topological polar surface area (TPSA) is 74.6 Å². The molecule has 0 bridgehead atoms. The van der Waals surface area contributed by atoms with Gasteiger partial charge < -0.3 is 19.7 Å². The molecule has 6 heteroatoms. The first kappa shape index (κ1) is 21.7. The van der Waals surface area contributed by atoms with Crippen molar-refractivity contribution in [3.8, 4) is 6.07 Å². The van der Waals surface area contributed by atoms with Crippen molar-refractivity contribution in [2.45, 2.75) is 53.1 Å². The van der Waals surface area contributed by atoms with Crippen molar-refractivity contribution in [1.82, 2.24) is 10.2 Å². The van der Waals surface area contributed by atoms with E-state index in [1.165, 1.54) is 0 Å². The summed E-state index contributed by atoms with van der Waals surface area (Å²) in [5, 5.41) is 12.0. The van der Waals surface area contributed by atoms with Crippen LogP contribution in [0.2, 0.25) is 0 Å². The first-order chi connectivity index (χ1) is 10.6. The molecule has 0 unspecified atom stereocenters. The zero-order valence-corrected chi connectivity index (χ0v) is 15.6. The van der Waals surface area contributed by atoms with E-state index in [-0.39, 0.29) is 11.5 Å². The predicted octanol–water partition coefficient (Wildman–Crippen LogP) is 2.79. The van der Waals surface area contributed by atoms with Crippen LogP contribution in [0.15, 0.2) is 0 Å². The number of rotatable bonds is 10. The molecule has 0 aromatic rings. The van der Waals surface area contributed by atoms with Gasteiger partial charge in [0.15, 0.2) is 0 Å². The molecule has 134 valence electrons. The van der Waals surface area contributed by atoms with Crippen LogP contribution in [0.1, 0.15) is 47.5 Å². The molecule has 0 aliphatic rings.